The van der Waals surface area contributed by atoms with Gasteiger partial charge >= 0.3 is 0 Å². The number of halogens is 1. The van der Waals surface area contributed by atoms with Crippen LogP contribution in [0.2, 0.25) is 0 Å². The monoisotopic (exact) mass is 255 g/mol. The van der Waals surface area contributed by atoms with Crippen molar-refractivity contribution in [3.8, 4) is 11.5 Å². The van der Waals surface area contributed by atoms with Crippen molar-refractivity contribution in [1.29, 1.82) is 0 Å². The Kier molecular flexibility index (Phi) is 4.51. The predicted octanol–water partition coefficient (Wildman–Crippen LogP) is 2.43. The Hall–Kier alpha value is -0.930. The number of nitrogens with one attached hydrogen (secondary N) is 1. The minimum atomic E-state index is 0.370. The van der Waals surface area contributed by atoms with Gasteiger partial charge in [-0.1, -0.05) is 0 Å². The quantitative estimate of drug-likeness (QED) is 0.626. The Morgan fingerprint density at radius 3 is 2.47 bits per heavy atom. The van der Waals surface area contributed by atoms with Crippen molar-refractivity contribution in [2.75, 3.05) is 20.3 Å². The van der Waals surface area contributed by atoms with E-state index in [4.69, 9.17) is 21.1 Å². The second-order valence-corrected chi connectivity index (χ2v) is 4.86. The lowest BCUT2D eigenvalue weighted by Crippen LogP contribution is -2.43. The summed E-state index contributed by atoms with van der Waals surface area (Å²) in [7, 11) is 1.66. The van der Waals surface area contributed by atoms with Crippen molar-refractivity contribution >= 4 is 11.6 Å². The first-order valence-corrected chi connectivity index (χ1v) is 6.36. The predicted molar refractivity (Wildman–Crippen MR) is 69.2 cm³/mol. The number of methoxy groups -OCH3 is 1. The summed E-state index contributed by atoms with van der Waals surface area (Å²) in [5, 5.41) is 3.78. The minimum Gasteiger partial charge on any atom is -0.497 e. The van der Waals surface area contributed by atoms with Crippen molar-refractivity contribution in [2.24, 2.45) is 0 Å². The molecule has 0 heterocycles. The molecule has 17 heavy (non-hydrogen) atoms. The van der Waals surface area contributed by atoms with E-state index in [0.717, 1.165) is 30.9 Å². The highest BCUT2D eigenvalue weighted by Gasteiger charge is 2.26. The van der Waals surface area contributed by atoms with E-state index in [1.165, 1.54) is 0 Å². The summed E-state index contributed by atoms with van der Waals surface area (Å²) in [4.78, 5) is 0. The third-order valence-electron chi connectivity index (χ3n) is 2.94. The SMILES string of the molecule is COc1ccc(OCCNC2CC(Cl)C2)cc1. The number of rotatable bonds is 6. The van der Waals surface area contributed by atoms with Crippen LogP contribution in [0.25, 0.3) is 0 Å². The fraction of sp³-hybridized carbons (Fsp3) is 0.538. The Morgan fingerprint density at radius 2 is 1.88 bits per heavy atom. The molecule has 1 fully saturated rings. The lowest BCUT2D eigenvalue weighted by atomic mass is 9.92. The van der Waals surface area contributed by atoms with Gasteiger partial charge < -0.3 is 14.8 Å². The zero-order valence-electron chi connectivity index (χ0n) is 9.99. The third-order valence-corrected chi connectivity index (χ3v) is 3.30. The molecule has 0 bridgehead atoms. The molecule has 1 aromatic rings. The van der Waals surface area contributed by atoms with Crippen LogP contribution >= 0.6 is 11.6 Å². The van der Waals surface area contributed by atoms with Gasteiger partial charge in [0.25, 0.3) is 0 Å². The van der Waals surface area contributed by atoms with Crippen LogP contribution in [-0.2, 0) is 0 Å². The van der Waals surface area contributed by atoms with E-state index in [-0.39, 0.29) is 0 Å². The molecule has 4 heteroatoms. The molecule has 1 aliphatic carbocycles. The zero-order chi connectivity index (χ0) is 12.1. The third kappa shape index (κ3) is 3.79. The van der Waals surface area contributed by atoms with Gasteiger partial charge in [0.1, 0.15) is 18.1 Å². The standard InChI is InChI=1S/C13H18ClNO2/c1-16-12-2-4-13(5-3-12)17-7-6-15-11-8-10(14)9-11/h2-5,10-11,15H,6-9H2,1H3. The molecular formula is C13H18ClNO2. The first kappa shape index (κ1) is 12.5. The van der Waals surface area contributed by atoms with Crippen LogP contribution in [0.4, 0.5) is 0 Å². The number of hydrogen-bond acceptors (Lipinski definition) is 3. The molecular weight excluding hydrogens is 238 g/mol. The van der Waals surface area contributed by atoms with Gasteiger partial charge in [-0.2, -0.15) is 0 Å². The Labute approximate surface area is 107 Å². The molecule has 3 nitrogen and oxygen atoms in total. The van der Waals surface area contributed by atoms with Crippen molar-refractivity contribution in [3.63, 3.8) is 0 Å². The van der Waals surface area contributed by atoms with Crippen LogP contribution in [0.3, 0.4) is 0 Å². The van der Waals surface area contributed by atoms with Crippen LogP contribution in [0, 0.1) is 0 Å². The molecule has 0 unspecified atom stereocenters. The minimum absolute atomic E-state index is 0.370. The summed E-state index contributed by atoms with van der Waals surface area (Å²) in [6.45, 7) is 1.54. The molecule has 0 aromatic heterocycles. The molecule has 1 aliphatic rings. The molecule has 2 rings (SSSR count). The van der Waals surface area contributed by atoms with Gasteiger partial charge in [0.15, 0.2) is 0 Å². The molecule has 0 saturated heterocycles. The fourth-order valence-electron chi connectivity index (χ4n) is 1.82. The highest BCUT2D eigenvalue weighted by molar-refractivity contribution is 6.21. The lowest BCUT2D eigenvalue weighted by Gasteiger charge is -2.31. The van der Waals surface area contributed by atoms with E-state index in [1.807, 2.05) is 24.3 Å². The van der Waals surface area contributed by atoms with E-state index in [1.54, 1.807) is 7.11 Å². The van der Waals surface area contributed by atoms with Crippen molar-refractivity contribution in [3.05, 3.63) is 24.3 Å². The van der Waals surface area contributed by atoms with Crippen molar-refractivity contribution in [1.82, 2.24) is 5.32 Å². The van der Waals surface area contributed by atoms with Gasteiger partial charge in [-0.15, -0.1) is 11.6 Å². The fourth-order valence-corrected chi connectivity index (χ4v) is 2.25. The van der Waals surface area contributed by atoms with Gasteiger partial charge in [-0.25, -0.2) is 0 Å². The normalized spacial score (nSPS) is 22.9. The molecule has 1 N–H and O–H groups in total. The Morgan fingerprint density at radius 1 is 1.24 bits per heavy atom. The van der Waals surface area contributed by atoms with E-state index in [9.17, 15) is 0 Å². The van der Waals surface area contributed by atoms with Crippen molar-refractivity contribution in [2.45, 2.75) is 24.3 Å². The highest BCUT2D eigenvalue weighted by atomic mass is 35.5. The number of benzene rings is 1. The summed E-state index contributed by atoms with van der Waals surface area (Å²) in [6, 6.07) is 8.20. The van der Waals surface area contributed by atoms with E-state index in [0.29, 0.717) is 18.0 Å². The molecule has 94 valence electrons. The summed E-state index contributed by atoms with van der Waals surface area (Å²) in [5.41, 5.74) is 0. The summed E-state index contributed by atoms with van der Waals surface area (Å²) in [5.74, 6) is 1.72. The Bertz CT molecular complexity index is 336. The van der Waals surface area contributed by atoms with Gasteiger partial charge in [-0.05, 0) is 37.1 Å². The lowest BCUT2D eigenvalue weighted by molar-refractivity contribution is 0.278. The van der Waals surface area contributed by atoms with E-state index >= 15 is 0 Å². The van der Waals surface area contributed by atoms with Gasteiger partial charge in [-0.3, -0.25) is 0 Å². The largest absolute Gasteiger partial charge is 0.497 e. The van der Waals surface area contributed by atoms with E-state index in [2.05, 4.69) is 5.32 Å². The topological polar surface area (TPSA) is 30.5 Å². The summed E-state index contributed by atoms with van der Waals surface area (Å²) >= 11 is 5.90. The molecule has 0 spiro atoms. The number of ether oxygens (including phenoxy) is 2. The molecule has 1 aromatic carbocycles. The van der Waals surface area contributed by atoms with Gasteiger partial charge in [0, 0.05) is 18.0 Å². The van der Waals surface area contributed by atoms with Crippen LogP contribution in [-0.4, -0.2) is 31.7 Å². The molecule has 0 atom stereocenters. The average molecular weight is 256 g/mol. The van der Waals surface area contributed by atoms with Gasteiger partial charge in [0.05, 0.1) is 7.11 Å². The first-order valence-electron chi connectivity index (χ1n) is 5.92. The van der Waals surface area contributed by atoms with Crippen molar-refractivity contribution < 1.29 is 9.47 Å². The maximum atomic E-state index is 5.90. The molecule has 0 radical (unpaired) electrons. The first-order chi connectivity index (χ1) is 8.28. The second-order valence-electron chi connectivity index (χ2n) is 4.24. The number of hydrogen-bond donors (Lipinski definition) is 1. The summed E-state index contributed by atoms with van der Waals surface area (Å²) in [6.07, 6.45) is 2.15. The smallest absolute Gasteiger partial charge is 0.119 e. The Balaban J connectivity index is 1.61. The number of alkyl halides is 1. The zero-order valence-corrected chi connectivity index (χ0v) is 10.7. The highest BCUT2D eigenvalue weighted by Crippen LogP contribution is 2.25. The molecule has 0 amide bonds. The second kappa shape index (κ2) is 6.12. The van der Waals surface area contributed by atoms with E-state index < -0.39 is 0 Å². The summed E-state index contributed by atoms with van der Waals surface area (Å²) < 4.78 is 10.7. The van der Waals surface area contributed by atoms with Crippen LogP contribution in [0.5, 0.6) is 11.5 Å². The maximum absolute atomic E-state index is 5.90. The molecule has 0 aliphatic heterocycles. The van der Waals surface area contributed by atoms with Crippen LogP contribution in [0.15, 0.2) is 24.3 Å². The maximum Gasteiger partial charge on any atom is 0.119 e. The average Bonchev–Trinajstić information content (AvgIpc) is 2.32. The molecule has 1 saturated carbocycles. The van der Waals surface area contributed by atoms with Crippen LogP contribution < -0.4 is 14.8 Å². The van der Waals surface area contributed by atoms with Gasteiger partial charge in [0.2, 0.25) is 0 Å². The van der Waals surface area contributed by atoms with Crippen LogP contribution in [0.1, 0.15) is 12.8 Å².